The molecule has 100 valence electrons. The predicted octanol–water partition coefficient (Wildman–Crippen LogP) is 3.93. The van der Waals surface area contributed by atoms with Gasteiger partial charge < -0.3 is 5.73 Å². The maximum atomic E-state index is 6.11. The molecule has 18 heavy (non-hydrogen) atoms. The van der Waals surface area contributed by atoms with Crippen molar-refractivity contribution in [1.29, 1.82) is 0 Å². The highest BCUT2D eigenvalue weighted by atomic mass is 79.9. The van der Waals surface area contributed by atoms with E-state index < -0.39 is 0 Å². The Kier molecular flexibility index (Phi) is 4.79. The first-order chi connectivity index (χ1) is 8.67. The SMILES string of the molecule is CCC1CCCC(CN)(Cc2cncc(Br)c2)C1. The molecule has 1 aliphatic carbocycles. The number of rotatable bonds is 4. The maximum absolute atomic E-state index is 6.11. The van der Waals surface area contributed by atoms with Crippen LogP contribution in [0.4, 0.5) is 0 Å². The molecule has 1 fully saturated rings. The average molecular weight is 311 g/mol. The first-order valence-electron chi connectivity index (χ1n) is 6.97. The van der Waals surface area contributed by atoms with Gasteiger partial charge in [0.25, 0.3) is 0 Å². The Morgan fingerprint density at radius 3 is 3.00 bits per heavy atom. The van der Waals surface area contributed by atoms with Crippen molar-refractivity contribution in [3.63, 3.8) is 0 Å². The van der Waals surface area contributed by atoms with Gasteiger partial charge in [-0.2, -0.15) is 0 Å². The van der Waals surface area contributed by atoms with E-state index in [1.807, 2.05) is 12.4 Å². The molecule has 0 radical (unpaired) electrons. The largest absolute Gasteiger partial charge is 0.330 e. The summed E-state index contributed by atoms with van der Waals surface area (Å²) >= 11 is 3.50. The van der Waals surface area contributed by atoms with Gasteiger partial charge in [-0.3, -0.25) is 4.98 Å². The highest BCUT2D eigenvalue weighted by Gasteiger charge is 2.34. The normalized spacial score (nSPS) is 28.3. The van der Waals surface area contributed by atoms with Gasteiger partial charge in [-0.05, 0) is 64.7 Å². The molecule has 0 bridgehead atoms. The van der Waals surface area contributed by atoms with Crippen molar-refractivity contribution in [3.05, 3.63) is 28.5 Å². The molecule has 0 aliphatic heterocycles. The van der Waals surface area contributed by atoms with Gasteiger partial charge in [0.1, 0.15) is 0 Å². The summed E-state index contributed by atoms with van der Waals surface area (Å²) in [5.41, 5.74) is 7.73. The van der Waals surface area contributed by atoms with Gasteiger partial charge in [0.2, 0.25) is 0 Å². The third-order valence-electron chi connectivity index (χ3n) is 4.39. The fraction of sp³-hybridized carbons (Fsp3) is 0.667. The van der Waals surface area contributed by atoms with Crippen LogP contribution in [-0.2, 0) is 6.42 Å². The standard InChI is InChI=1S/C15H23BrN2/c1-2-12-4-3-5-15(7-12,11-17)8-13-6-14(16)10-18-9-13/h6,9-10,12H,2-5,7-8,11,17H2,1H3. The van der Waals surface area contributed by atoms with Crippen LogP contribution < -0.4 is 5.73 Å². The van der Waals surface area contributed by atoms with Gasteiger partial charge in [-0.1, -0.05) is 26.2 Å². The summed E-state index contributed by atoms with van der Waals surface area (Å²) in [6.07, 6.45) is 11.5. The molecule has 1 aromatic rings. The van der Waals surface area contributed by atoms with E-state index in [1.165, 1.54) is 37.7 Å². The molecule has 2 nitrogen and oxygen atoms in total. The zero-order valence-corrected chi connectivity index (χ0v) is 12.7. The van der Waals surface area contributed by atoms with E-state index in [-0.39, 0.29) is 0 Å². The van der Waals surface area contributed by atoms with Crippen molar-refractivity contribution in [1.82, 2.24) is 4.98 Å². The van der Waals surface area contributed by atoms with Crippen LogP contribution in [0.3, 0.4) is 0 Å². The van der Waals surface area contributed by atoms with Crippen LogP contribution in [0.2, 0.25) is 0 Å². The molecule has 0 amide bonds. The van der Waals surface area contributed by atoms with E-state index in [1.54, 1.807) is 0 Å². The van der Waals surface area contributed by atoms with Gasteiger partial charge >= 0.3 is 0 Å². The van der Waals surface area contributed by atoms with Crippen LogP contribution in [0.15, 0.2) is 22.9 Å². The van der Waals surface area contributed by atoms with Crippen LogP contribution in [-0.4, -0.2) is 11.5 Å². The number of hydrogen-bond acceptors (Lipinski definition) is 2. The quantitative estimate of drug-likeness (QED) is 0.915. The van der Waals surface area contributed by atoms with Gasteiger partial charge in [-0.15, -0.1) is 0 Å². The Morgan fingerprint density at radius 2 is 2.33 bits per heavy atom. The smallest absolute Gasteiger partial charge is 0.0410 e. The van der Waals surface area contributed by atoms with Crippen LogP contribution >= 0.6 is 15.9 Å². The molecular formula is C15H23BrN2. The molecule has 0 spiro atoms. The first kappa shape index (κ1) is 14.0. The lowest BCUT2D eigenvalue weighted by atomic mass is 9.66. The molecule has 1 heterocycles. The van der Waals surface area contributed by atoms with E-state index in [4.69, 9.17) is 5.73 Å². The zero-order chi connectivity index (χ0) is 13.0. The van der Waals surface area contributed by atoms with Crippen molar-refractivity contribution in [2.45, 2.75) is 45.4 Å². The Bertz CT molecular complexity index is 394. The first-order valence-corrected chi connectivity index (χ1v) is 7.76. The molecule has 1 aliphatic rings. The molecule has 2 atom stereocenters. The van der Waals surface area contributed by atoms with Crippen LogP contribution in [0, 0.1) is 11.3 Å². The summed E-state index contributed by atoms with van der Waals surface area (Å²) in [6, 6.07) is 2.18. The minimum atomic E-state index is 0.307. The van der Waals surface area contributed by atoms with Crippen LogP contribution in [0.5, 0.6) is 0 Å². The number of nitrogens with two attached hydrogens (primary N) is 1. The second-order valence-electron chi connectivity index (χ2n) is 5.76. The third-order valence-corrected chi connectivity index (χ3v) is 4.83. The maximum Gasteiger partial charge on any atom is 0.0410 e. The van der Waals surface area contributed by atoms with E-state index in [9.17, 15) is 0 Å². The second kappa shape index (κ2) is 6.16. The highest BCUT2D eigenvalue weighted by Crippen LogP contribution is 2.42. The summed E-state index contributed by atoms with van der Waals surface area (Å²) in [7, 11) is 0. The Hall–Kier alpha value is -0.410. The molecule has 0 saturated heterocycles. The summed E-state index contributed by atoms with van der Waals surface area (Å²) in [4.78, 5) is 4.27. The minimum absolute atomic E-state index is 0.307. The van der Waals surface area contributed by atoms with E-state index >= 15 is 0 Å². The van der Waals surface area contributed by atoms with Crippen LogP contribution in [0.1, 0.15) is 44.6 Å². The molecule has 0 aromatic carbocycles. The lowest BCUT2D eigenvalue weighted by Crippen LogP contribution is -2.37. The zero-order valence-electron chi connectivity index (χ0n) is 11.2. The summed E-state index contributed by atoms with van der Waals surface area (Å²) in [5, 5.41) is 0. The van der Waals surface area contributed by atoms with Gasteiger partial charge in [0, 0.05) is 16.9 Å². The Balaban J connectivity index is 2.12. The second-order valence-corrected chi connectivity index (χ2v) is 6.68. The fourth-order valence-corrected chi connectivity index (χ4v) is 3.75. The van der Waals surface area contributed by atoms with Crippen LogP contribution in [0.25, 0.3) is 0 Å². The molecule has 1 saturated carbocycles. The van der Waals surface area contributed by atoms with Crippen molar-refractivity contribution in [3.8, 4) is 0 Å². The van der Waals surface area contributed by atoms with Crippen molar-refractivity contribution in [2.75, 3.05) is 6.54 Å². The van der Waals surface area contributed by atoms with Crippen molar-refractivity contribution >= 4 is 15.9 Å². The van der Waals surface area contributed by atoms with Crippen molar-refractivity contribution in [2.24, 2.45) is 17.1 Å². The third kappa shape index (κ3) is 3.33. The molecule has 3 heteroatoms. The Morgan fingerprint density at radius 1 is 1.50 bits per heavy atom. The highest BCUT2D eigenvalue weighted by molar-refractivity contribution is 9.10. The van der Waals surface area contributed by atoms with Gasteiger partial charge in [0.15, 0.2) is 0 Å². The molecular weight excluding hydrogens is 288 g/mol. The number of aromatic nitrogens is 1. The van der Waals surface area contributed by atoms with Gasteiger partial charge in [0.05, 0.1) is 0 Å². The monoisotopic (exact) mass is 310 g/mol. The minimum Gasteiger partial charge on any atom is -0.330 e. The summed E-state index contributed by atoms with van der Waals surface area (Å²) in [5.74, 6) is 0.863. The summed E-state index contributed by atoms with van der Waals surface area (Å²) in [6.45, 7) is 3.11. The fourth-order valence-electron chi connectivity index (χ4n) is 3.33. The Labute approximate surface area is 119 Å². The number of nitrogens with zero attached hydrogens (tertiary/aromatic N) is 1. The number of pyridine rings is 1. The molecule has 2 rings (SSSR count). The molecule has 1 aromatic heterocycles. The van der Waals surface area contributed by atoms with E-state index in [2.05, 4.69) is 33.9 Å². The van der Waals surface area contributed by atoms with E-state index in [0.29, 0.717) is 5.41 Å². The average Bonchev–Trinajstić information content (AvgIpc) is 2.39. The lowest BCUT2D eigenvalue weighted by Gasteiger charge is -2.40. The van der Waals surface area contributed by atoms with Crippen molar-refractivity contribution < 1.29 is 0 Å². The predicted molar refractivity (Wildman–Crippen MR) is 79.4 cm³/mol. The van der Waals surface area contributed by atoms with E-state index in [0.717, 1.165) is 23.4 Å². The number of halogens is 1. The molecule has 2 N–H and O–H groups in total. The topological polar surface area (TPSA) is 38.9 Å². The summed E-state index contributed by atoms with van der Waals surface area (Å²) < 4.78 is 1.06. The lowest BCUT2D eigenvalue weighted by molar-refractivity contribution is 0.142. The van der Waals surface area contributed by atoms with Gasteiger partial charge in [-0.25, -0.2) is 0 Å². The molecule has 2 unspecified atom stereocenters. The number of hydrogen-bond donors (Lipinski definition) is 1.